The fourth-order valence-electron chi connectivity index (χ4n) is 2.01. The van der Waals surface area contributed by atoms with Crippen LogP contribution in [-0.2, 0) is 11.3 Å². The Kier molecular flexibility index (Phi) is 5.86. The molecule has 2 aromatic rings. The van der Waals surface area contributed by atoms with Crippen LogP contribution in [0.25, 0.3) is 0 Å². The Morgan fingerprint density at radius 2 is 1.70 bits per heavy atom. The lowest BCUT2D eigenvalue weighted by molar-refractivity contribution is 0.0526. The Morgan fingerprint density at radius 1 is 0.957 bits per heavy atom. The number of methoxy groups -OCH3 is 2. The maximum absolute atomic E-state index is 11.7. The molecule has 0 unspecified atom stereocenters. The number of carbonyl (C=O) groups excluding carboxylic acids is 1. The van der Waals surface area contributed by atoms with E-state index in [1.807, 2.05) is 24.3 Å². The predicted molar refractivity (Wildman–Crippen MR) is 86.3 cm³/mol. The molecule has 0 atom stereocenters. The average molecular weight is 316 g/mol. The van der Waals surface area contributed by atoms with Crippen LogP contribution in [0.4, 0.5) is 0 Å². The van der Waals surface area contributed by atoms with Crippen molar-refractivity contribution in [2.24, 2.45) is 0 Å². The fourth-order valence-corrected chi connectivity index (χ4v) is 2.01. The number of benzene rings is 2. The molecule has 0 amide bonds. The summed E-state index contributed by atoms with van der Waals surface area (Å²) >= 11 is 0. The predicted octanol–water partition coefficient (Wildman–Crippen LogP) is 3.46. The summed E-state index contributed by atoms with van der Waals surface area (Å²) in [6, 6.07) is 12.6. The first-order chi connectivity index (χ1) is 11.2. The molecule has 0 saturated heterocycles. The lowest BCUT2D eigenvalue weighted by Gasteiger charge is -2.12. The first-order valence-corrected chi connectivity index (χ1v) is 7.28. The molecule has 23 heavy (non-hydrogen) atoms. The van der Waals surface area contributed by atoms with Crippen LogP contribution < -0.4 is 14.2 Å². The third-order valence-electron chi connectivity index (χ3n) is 3.23. The largest absolute Gasteiger partial charge is 0.497 e. The van der Waals surface area contributed by atoms with E-state index in [1.165, 1.54) is 7.11 Å². The van der Waals surface area contributed by atoms with Crippen molar-refractivity contribution in [3.8, 4) is 17.2 Å². The molecule has 0 N–H and O–H groups in total. The van der Waals surface area contributed by atoms with E-state index in [4.69, 9.17) is 18.9 Å². The number of hydrogen-bond donors (Lipinski definition) is 0. The third-order valence-corrected chi connectivity index (χ3v) is 3.23. The van der Waals surface area contributed by atoms with Crippen LogP contribution in [-0.4, -0.2) is 26.8 Å². The molecule has 0 saturated carbocycles. The Balaban J connectivity index is 2.08. The zero-order valence-corrected chi connectivity index (χ0v) is 13.5. The van der Waals surface area contributed by atoms with E-state index in [-0.39, 0.29) is 5.97 Å². The normalized spacial score (nSPS) is 10.0. The van der Waals surface area contributed by atoms with E-state index in [0.29, 0.717) is 30.3 Å². The molecule has 122 valence electrons. The number of rotatable bonds is 7. The van der Waals surface area contributed by atoms with Crippen molar-refractivity contribution in [3.05, 3.63) is 53.6 Å². The number of ether oxygens (including phenoxy) is 4. The topological polar surface area (TPSA) is 54.0 Å². The highest BCUT2D eigenvalue weighted by atomic mass is 16.5. The van der Waals surface area contributed by atoms with Crippen LogP contribution in [0.2, 0.25) is 0 Å². The summed E-state index contributed by atoms with van der Waals surface area (Å²) in [5.41, 5.74) is 1.43. The summed E-state index contributed by atoms with van der Waals surface area (Å²) in [5, 5.41) is 0. The zero-order valence-electron chi connectivity index (χ0n) is 13.5. The molecule has 0 bridgehead atoms. The minimum atomic E-state index is -0.382. The molecule has 0 aliphatic heterocycles. The molecule has 0 heterocycles. The van der Waals surface area contributed by atoms with E-state index in [1.54, 1.807) is 32.2 Å². The molecule has 0 radical (unpaired) electrons. The van der Waals surface area contributed by atoms with Crippen molar-refractivity contribution in [1.29, 1.82) is 0 Å². The smallest absolute Gasteiger partial charge is 0.338 e. The van der Waals surface area contributed by atoms with Crippen molar-refractivity contribution in [1.82, 2.24) is 0 Å². The van der Waals surface area contributed by atoms with Crippen molar-refractivity contribution in [3.63, 3.8) is 0 Å². The van der Waals surface area contributed by atoms with Gasteiger partial charge in [0.05, 0.1) is 26.4 Å². The molecular weight excluding hydrogens is 296 g/mol. The monoisotopic (exact) mass is 316 g/mol. The maximum atomic E-state index is 11.7. The highest BCUT2D eigenvalue weighted by Crippen LogP contribution is 2.29. The molecule has 2 aromatic carbocycles. The van der Waals surface area contributed by atoms with Gasteiger partial charge in [0.2, 0.25) is 0 Å². The second-order valence-electron chi connectivity index (χ2n) is 4.72. The van der Waals surface area contributed by atoms with E-state index in [0.717, 1.165) is 11.3 Å². The average Bonchev–Trinajstić information content (AvgIpc) is 2.60. The van der Waals surface area contributed by atoms with Crippen molar-refractivity contribution in [2.45, 2.75) is 13.5 Å². The minimum absolute atomic E-state index is 0.330. The Bertz CT molecular complexity index is 649. The van der Waals surface area contributed by atoms with E-state index < -0.39 is 0 Å². The van der Waals surface area contributed by atoms with E-state index in [2.05, 4.69) is 0 Å². The van der Waals surface area contributed by atoms with Crippen LogP contribution in [0.5, 0.6) is 17.2 Å². The quantitative estimate of drug-likeness (QED) is 0.732. The zero-order chi connectivity index (χ0) is 16.7. The third kappa shape index (κ3) is 4.39. The van der Waals surface area contributed by atoms with Gasteiger partial charge in [-0.2, -0.15) is 0 Å². The summed E-state index contributed by atoms with van der Waals surface area (Å²) in [6.45, 7) is 2.48. The summed E-state index contributed by atoms with van der Waals surface area (Å²) in [6.07, 6.45) is 0. The Morgan fingerprint density at radius 3 is 2.30 bits per heavy atom. The van der Waals surface area contributed by atoms with Gasteiger partial charge in [-0.25, -0.2) is 4.79 Å². The van der Waals surface area contributed by atoms with Gasteiger partial charge in [0, 0.05) is 0 Å². The summed E-state index contributed by atoms with van der Waals surface area (Å²) in [5.74, 6) is 1.47. The van der Waals surface area contributed by atoms with Crippen LogP contribution in [0.3, 0.4) is 0 Å². The number of carbonyl (C=O) groups is 1. The van der Waals surface area contributed by atoms with Crippen LogP contribution >= 0.6 is 0 Å². The van der Waals surface area contributed by atoms with Gasteiger partial charge in [0.15, 0.2) is 11.5 Å². The van der Waals surface area contributed by atoms with Crippen molar-refractivity contribution in [2.75, 3.05) is 20.8 Å². The molecule has 5 heteroatoms. The first kappa shape index (κ1) is 16.7. The standard InChI is InChI=1S/C18H20O5/c1-4-22-18(19)14-7-10-16(17(11-14)21-3)23-12-13-5-8-15(20-2)9-6-13/h5-11H,4,12H2,1-3H3. The van der Waals surface area contributed by atoms with Crippen molar-refractivity contribution < 1.29 is 23.7 Å². The highest BCUT2D eigenvalue weighted by Gasteiger charge is 2.12. The molecule has 0 aliphatic carbocycles. The lowest BCUT2D eigenvalue weighted by atomic mass is 10.2. The van der Waals surface area contributed by atoms with E-state index in [9.17, 15) is 4.79 Å². The SMILES string of the molecule is CCOC(=O)c1ccc(OCc2ccc(OC)cc2)c(OC)c1. The second-order valence-corrected chi connectivity index (χ2v) is 4.72. The maximum Gasteiger partial charge on any atom is 0.338 e. The van der Waals surface area contributed by atoms with Gasteiger partial charge in [-0.05, 0) is 42.8 Å². The van der Waals surface area contributed by atoms with E-state index >= 15 is 0 Å². The van der Waals surface area contributed by atoms with Gasteiger partial charge < -0.3 is 18.9 Å². The Labute approximate surface area is 135 Å². The second kappa shape index (κ2) is 8.08. The van der Waals surface area contributed by atoms with Gasteiger partial charge in [-0.3, -0.25) is 0 Å². The summed E-state index contributed by atoms with van der Waals surface area (Å²) in [7, 11) is 3.16. The number of hydrogen-bond acceptors (Lipinski definition) is 5. The van der Waals surface area contributed by atoms with Gasteiger partial charge in [-0.1, -0.05) is 12.1 Å². The first-order valence-electron chi connectivity index (χ1n) is 7.28. The van der Waals surface area contributed by atoms with Gasteiger partial charge in [-0.15, -0.1) is 0 Å². The van der Waals surface area contributed by atoms with Gasteiger partial charge in [0.25, 0.3) is 0 Å². The molecule has 0 aromatic heterocycles. The van der Waals surface area contributed by atoms with Gasteiger partial charge >= 0.3 is 5.97 Å². The molecule has 0 fully saturated rings. The van der Waals surface area contributed by atoms with Crippen molar-refractivity contribution >= 4 is 5.97 Å². The molecular formula is C18H20O5. The molecule has 2 rings (SSSR count). The molecule has 5 nitrogen and oxygen atoms in total. The fraction of sp³-hybridized carbons (Fsp3) is 0.278. The molecule has 0 spiro atoms. The summed E-state index contributed by atoms with van der Waals surface area (Å²) < 4.78 is 21.1. The highest BCUT2D eigenvalue weighted by molar-refractivity contribution is 5.90. The number of esters is 1. The molecule has 0 aliphatic rings. The Hall–Kier alpha value is -2.69. The van der Waals surface area contributed by atoms with Crippen LogP contribution in [0.15, 0.2) is 42.5 Å². The minimum Gasteiger partial charge on any atom is -0.497 e. The van der Waals surface area contributed by atoms with Gasteiger partial charge in [0.1, 0.15) is 12.4 Å². The summed E-state index contributed by atoms with van der Waals surface area (Å²) in [4.78, 5) is 11.7. The lowest BCUT2D eigenvalue weighted by Crippen LogP contribution is -2.05. The van der Waals surface area contributed by atoms with Crippen LogP contribution in [0.1, 0.15) is 22.8 Å². The van der Waals surface area contributed by atoms with Crippen LogP contribution in [0, 0.1) is 0 Å².